The van der Waals surface area contributed by atoms with E-state index in [9.17, 15) is 0 Å². The van der Waals surface area contributed by atoms with Crippen LogP contribution in [0.5, 0.6) is 0 Å². The summed E-state index contributed by atoms with van der Waals surface area (Å²) in [7, 11) is 0. The summed E-state index contributed by atoms with van der Waals surface area (Å²) in [6.45, 7) is 0. The second-order valence-corrected chi connectivity index (χ2v) is 7.34. The second kappa shape index (κ2) is 7.77. The highest BCUT2D eigenvalue weighted by molar-refractivity contribution is 9.10. The van der Waals surface area contributed by atoms with Crippen LogP contribution in [-0.2, 0) is 0 Å². The Morgan fingerprint density at radius 3 is 2.57 bits per heavy atom. The molecule has 0 aliphatic carbocycles. The molecule has 23 heavy (non-hydrogen) atoms. The van der Waals surface area contributed by atoms with Crippen molar-refractivity contribution in [2.75, 3.05) is 11.7 Å². The summed E-state index contributed by atoms with van der Waals surface area (Å²) in [6.07, 6.45) is 3.86. The van der Waals surface area contributed by atoms with E-state index in [1.807, 2.05) is 41.8 Å². The van der Waals surface area contributed by atoms with Crippen molar-refractivity contribution in [1.29, 1.82) is 0 Å². The number of thiazole rings is 1. The molecule has 0 spiro atoms. The Morgan fingerprint density at radius 1 is 1.13 bits per heavy atom. The van der Waals surface area contributed by atoms with Crippen LogP contribution in [-0.4, -0.2) is 17.5 Å². The number of nitrogens with zero attached hydrogens (tertiary/aromatic N) is 2. The lowest BCUT2D eigenvalue weighted by Gasteiger charge is -1.98. The van der Waals surface area contributed by atoms with Gasteiger partial charge >= 0.3 is 0 Å². The first-order valence-corrected chi connectivity index (χ1v) is 9.79. The fourth-order valence-corrected chi connectivity index (χ4v) is 3.34. The molecule has 0 saturated heterocycles. The van der Waals surface area contributed by atoms with Gasteiger partial charge in [-0.1, -0.05) is 40.2 Å². The number of hydrazone groups is 1. The van der Waals surface area contributed by atoms with Gasteiger partial charge in [-0.15, -0.1) is 23.1 Å². The van der Waals surface area contributed by atoms with E-state index < -0.39 is 0 Å². The maximum Gasteiger partial charge on any atom is 0.157 e. The van der Waals surface area contributed by atoms with Crippen LogP contribution in [0.1, 0.15) is 5.56 Å². The van der Waals surface area contributed by atoms with Crippen molar-refractivity contribution in [3.63, 3.8) is 0 Å². The number of benzene rings is 2. The van der Waals surface area contributed by atoms with Crippen molar-refractivity contribution in [3.8, 4) is 10.6 Å². The highest BCUT2D eigenvalue weighted by Crippen LogP contribution is 2.27. The summed E-state index contributed by atoms with van der Waals surface area (Å²) in [5.74, 6) is 0.755. The number of hydrogen-bond donors (Lipinski definition) is 1. The lowest BCUT2D eigenvalue weighted by Crippen LogP contribution is -1.90. The van der Waals surface area contributed by atoms with Gasteiger partial charge in [-0.05, 0) is 36.1 Å². The zero-order valence-electron chi connectivity index (χ0n) is 12.4. The maximum absolute atomic E-state index is 4.54. The van der Waals surface area contributed by atoms with Gasteiger partial charge in [-0.3, -0.25) is 5.43 Å². The largest absolute Gasteiger partial charge is 0.261 e. The molecule has 0 bridgehead atoms. The SMILES string of the molecule is CSc1ccc(/C=N\Nc2csc(-c3ccc(Br)cc3)n2)cc1. The first-order valence-electron chi connectivity index (χ1n) is 6.89. The number of aromatic nitrogens is 1. The predicted molar refractivity (Wildman–Crippen MR) is 105 cm³/mol. The second-order valence-electron chi connectivity index (χ2n) is 4.69. The molecule has 0 aliphatic heterocycles. The van der Waals surface area contributed by atoms with Crippen molar-refractivity contribution in [2.45, 2.75) is 4.90 Å². The third kappa shape index (κ3) is 4.43. The van der Waals surface area contributed by atoms with Gasteiger partial charge in [0.15, 0.2) is 5.82 Å². The number of nitrogens with one attached hydrogen (secondary N) is 1. The zero-order chi connectivity index (χ0) is 16.1. The van der Waals surface area contributed by atoms with Crippen LogP contribution in [0.4, 0.5) is 5.82 Å². The number of thioether (sulfide) groups is 1. The van der Waals surface area contributed by atoms with Crippen molar-refractivity contribution in [1.82, 2.24) is 4.98 Å². The molecule has 0 atom stereocenters. The quantitative estimate of drug-likeness (QED) is 0.335. The van der Waals surface area contributed by atoms with Crippen LogP contribution in [0, 0.1) is 0 Å². The summed E-state index contributed by atoms with van der Waals surface area (Å²) < 4.78 is 1.06. The molecule has 6 heteroatoms. The van der Waals surface area contributed by atoms with Crippen molar-refractivity contribution >= 4 is 51.1 Å². The average Bonchev–Trinajstić information content (AvgIpc) is 3.05. The molecule has 3 nitrogen and oxygen atoms in total. The first-order chi connectivity index (χ1) is 11.2. The van der Waals surface area contributed by atoms with E-state index in [1.165, 1.54) is 4.90 Å². The van der Waals surface area contributed by atoms with Crippen LogP contribution in [0.3, 0.4) is 0 Å². The third-order valence-corrected chi connectivity index (χ3v) is 5.27. The molecular weight excluding hydrogens is 390 g/mol. The average molecular weight is 404 g/mol. The van der Waals surface area contributed by atoms with E-state index in [0.717, 1.165) is 26.4 Å². The van der Waals surface area contributed by atoms with Crippen molar-refractivity contribution in [2.24, 2.45) is 5.10 Å². The van der Waals surface area contributed by atoms with E-state index in [2.05, 4.69) is 49.8 Å². The summed E-state index contributed by atoms with van der Waals surface area (Å²) in [6, 6.07) is 16.4. The Bertz CT molecular complexity index is 795. The smallest absolute Gasteiger partial charge is 0.157 e. The van der Waals surface area contributed by atoms with E-state index in [4.69, 9.17) is 0 Å². The predicted octanol–water partition coefficient (Wildman–Crippen LogP) is 5.74. The van der Waals surface area contributed by atoms with Crippen LogP contribution in [0.15, 0.2) is 68.4 Å². The lowest BCUT2D eigenvalue weighted by molar-refractivity contribution is 1.27. The molecule has 1 N–H and O–H groups in total. The molecule has 0 radical (unpaired) electrons. The minimum Gasteiger partial charge on any atom is -0.261 e. The Morgan fingerprint density at radius 2 is 1.87 bits per heavy atom. The number of halogens is 1. The Balaban J connectivity index is 1.64. The van der Waals surface area contributed by atoms with Crippen LogP contribution < -0.4 is 5.43 Å². The molecule has 0 saturated carbocycles. The van der Waals surface area contributed by atoms with Crippen LogP contribution in [0.2, 0.25) is 0 Å². The van der Waals surface area contributed by atoms with Gasteiger partial charge in [0.1, 0.15) is 5.01 Å². The first kappa shape index (κ1) is 16.2. The standard InChI is InChI=1S/C17H14BrN3S2/c1-22-15-8-2-12(3-9-15)10-19-21-16-11-23-17(20-16)13-4-6-14(18)7-5-13/h2-11,21H,1H3/b19-10-. The molecule has 2 aromatic carbocycles. The van der Waals surface area contributed by atoms with Gasteiger partial charge in [-0.25, -0.2) is 4.98 Å². The minimum atomic E-state index is 0.755. The van der Waals surface area contributed by atoms with Gasteiger partial charge in [-0.2, -0.15) is 5.10 Å². The highest BCUT2D eigenvalue weighted by atomic mass is 79.9. The number of rotatable bonds is 5. The van der Waals surface area contributed by atoms with Gasteiger partial charge in [0.05, 0.1) is 6.21 Å². The maximum atomic E-state index is 4.54. The van der Waals surface area contributed by atoms with Gasteiger partial charge in [0, 0.05) is 20.3 Å². The fourth-order valence-electron chi connectivity index (χ4n) is 1.91. The monoisotopic (exact) mass is 403 g/mol. The summed E-state index contributed by atoms with van der Waals surface area (Å²) in [5, 5.41) is 7.18. The number of anilines is 1. The topological polar surface area (TPSA) is 37.3 Å². The zero-order valence-corrected chi connectivity index (χ0v) is 15.6. The molecule has 0 fully saturated rings. The van der Waals surface area contributed by atoms with Crippen molar-refractivity contribution in [3.05, 3.63) is 63.9 Å². The molecule has 0 amide bonds. The Hall–Kier alpha value is -1.63. The van der Waals surface area contributed by atoms with Crippen LogP contribution >= 0.6 is 39.0 Å². The lowest BCUT2D eigenvalue weighted by atomic mass is 10.2. The number of hydrogen-bond acceptors (Lipinski definition) is 5. The van der Waals surface area contributed by atoms with E-state index >= 15 is 0 Å². The molecule has 116 valence electrons. The Labute approximate surface area is 152 Å². The van der Waals surface area contributed by atoms with Gasteiger partial charge in [0.2, 0.25) is 0 Å². The summed E-state index contributed by atoms with van der Waals surface area (Å²) in [4.78, 5) is 5.79. The van der Waals surface area contributed by atoms with Gasteiger partial charge < -0.3 is 0 Å². The molecule has 3 rings (SSSR count). The minimum absolute atomic E-state index is 0.755. The Kier molecular flexibility index (Phi) is 5.48. The molecule has 0 unspecified atom stereocenters. The summed E-state index contributed by atoms with van der Waals surface area (Å²) in [5.41, 5.74) is 5.13. The van der Waals surface area contributed by atoms with Crippen molar-refractivity contribution < 1.29 is 0 Å². The normalized spacial score (nSPS) is 11.0. The van der Waals surface area contributed by atoms with E-state index in [1.54, 1.807) is 29.3 Å². The fraction of sp³-hybridized carbons (Fsp3) is 0.0588. The molecule has 0 aliphatic rings. The molecular formula is C17H14BrN3S2. The van der Waals surface area contributed by atoms with E-state index in [0.29, 0.717) is 0 Å². The molecule has 1 aromatic heterocycles. The summed E-state index contributed by atoms with van der Waals surface area (Å²) >= 11 is 6.76. The highest BCUT2D eigenvalue weighted by Gasteiger charge is 2.03. The van der Waals surface area contributed by atoms with Crippen LogP contribution in [0.25, 0.3) is 10.6 Å². The van der Waals surface area contributed by atoms with E-state index in [-0.39, 0.29) is 0 Å². The van der Waals surface area contributed by atoms with Gasteiger partial charge in [0.25, 0.3) is 0 Å². The third-order valence-electron chi connectivity index (χ3n) is 3.10. The molecule has 3 aromatic rings. The molecule has 1 heterocycles.